The number of anilines is 1. The fraction of sp³-hybridized carbons (Fsp3) is 0.333. The summed E-state index contributed by atoms with van der Waals surface area (Å²) in [5, 5.41) is 5.08. The normalized spacial score (nSPS) is 9.76. The predicted octanol–water partition coefficient (Wildman–Crippen LogP) is -0.154. The molecule has 0 atom stereocenters. The number of benzene rings is 1. The third kappa shape index (κ3) is 3.79. The van der Waals surface area contributed by atoms with Gasteiger partial charge in [0, 0.05) is 19.8 Å². The van der Waals surface area contributed by atoms with Crippen LogP contribution in [0.1, 0.15) is 11.1 Å². The summed E-state index contributed by atoms with van der Waals surface area (Å²) in [6.45, 7) is 0. The molecule has 0 heterocycles. The lowest BCUT2D eigenvalue weighted by Crippen LogP contribution is -2.21. The van der Waals surface area contributed by atoms with Crippen LogP contribution in [0.2, 0.25) is 0 Å². The number of nitrogen functional groups attached to an aromatic ring is 1. The van der Waals surface area contributed by atoms with Gasteiger partial charge in [-0.15, -0.1) is 0 Å². The maximum Gasteiger partial charge on any atom is 0.224 e. The minimum atomic E-state index is -0.0873. The fourth-order valence-corrected chi connectivity index (χ4v) is 1.45. The van der Waals surface area contributed by atoms with E-state index in [0.717, 1.165) is 11.1 Å². The van der Waals surface area contributed by atoms with Crippen LogP contribution in [0.15, 0.2) is 18.2 Å². The van der Waals surface area contributed by atoms with Crippen molar-refractivity contribution in [2.45, 2.75) is 12.8 Å². The first-order chi connectivity index (χ1) is 8.06. The number of nitrogens with two attached hydrogens (primary N) is 1. The average Bonchev–Trinajstić information content (AvgIpc) is 2.32. The molecule has 1 rings (SSSR count). The van der Waals surface area contributed by atoms with Gasteiger partial charge in [0.1, 0.15) is 0 Å². The molecule has 2 amide bonds. The summed E-state index contributed by atoms with van der Waals surface area (Å²) in [5.74, 6) is -0.154. The Hall–Kier alpha value is -2.04. The van der Waals surface area contributed by atoms with Gasteiger partial charge in [0.25, 0.3) is 0 Å². The number of likely N-dealkylation sites (N-methyl/N-ethyl adjacent to an activating group) is 2. The third-order valence-corrected chi connectivity index (χ3v) is 2.48. The Morgan fingerprint density at radius 2 is 1.71 bits per heavy atom. The minimum absolute atomic E-state index is 0.0662. The topological polar surface area (TPSA) is 84.2 Å². The SMILES string of the molecule is CNC(=O)Cc1ccc(CC(=O)NC)c(N)c1. The number of rotatable bonds is 4. The molecule has 17 heavy (non-hydrogen) atoms. The van der Waals surface area contributed by atoms with Gasteiger partial charge in [-0.1, -0.05) is 12.1 Å². The van der Waals surface area contributed by atoms with Crippen molar-refractivity contribution < 1.29 is 9.59 Å². The van der Waals surface area contributed by atoms with Crippen LogP contribution in [-0.4, -0.2) is 25.9 Å². The van der Waals surface area contributed by atoms with E-state index < -0.39 is 0 Å². The lowest BCUT2D eigenvalue weighted by Gasteiger charge is -2.07. The molecule has 0 saturated carbocycles. The number of nitrogens with one attached hydrogen (secondary N) is 2. The highest BCUT2D eigenvalue weighted by Gasteiger charge is 2.07. The summed E-state index contributed by atoms with van der Waals surface area (Å²) in [6, 6.07) is 5.32. The van der Waals surface area contributed by atoms with Gasteiger partial charge in [0.2, 0.25) is 11.8 Å². The number of hydrogen-bond acceptors (Lipinski definition) is 3. The summed E-state index contributed by atoms with van der Waals surface area (Å²) in [6.07, 6.45) is 0.545. The van der Waals surface area contributed by atoms with Crippen molar-refractivity contribution in [1.29, 1.82) is 0 Å². The van der Waals surface area contributed by atoms with Gasteiger partial charge in [-0.3, -0.25) is 9.59 Å². The molecule has 0 spiro atoms. The Bertz CT molecular complexity index is 430. The Balaban J connectivity index is 2.79. The molecule has 5 heteroatoms. The van der Waals surface area contributed by atoms with Gasteiger partial charge in [0.05, 0.1) is 12.8 Å². The molecule has 0 aliphatic carbocycles. The van der Waals surface area contributed by atoms with E-state index in [-0.39, 0.29) is 18.2 Å². The average molecular weight is 235 g/mol. The van der Waals surface area contributed by atoms with Crippen LogP contribution in [-0.2, 0) is 22.4 Å². The smallest absolute Gasteiger partial charge is 0.224 e. The Labute approximate surface area is 100 Å². The molecule has 0 fully saturated rings. The van der Waals surface area contributed by atoms with Crippen molar-refractivity contribution in [3.05, 3.63) is 29.3 Å². The van der Waals surface area contributed by atoms with Gasteiger partial charge in [-0.25, -0.2) is 0 Å². The first-order valence-electron chi connectivity index (χ1n) is 5.35. The molecule has 1 aromatic rings. The molecule has 0 saturated heterocycles. The summed E-state index contributed by atoms with van der Waals surface area (Å²) < 4.78 is 0. The Kier molecular flexibility index (Phi) is 4.51. The van der Waals surface area contributed by atoms with E-state index in [1.165, 1.54) is 0 Å². The largest absolute Gasteiger partial charge is 0.398 e. The van der Waals surface area contributed by atoms with Crippen LogP contribution in [0.5, 0.6) is 0 Å². The van der Waals surface area contributed by atoms with Crippen molar-refractivity contribution in [3.63, 3.8) is 0 Å². The molecule has 0 bridgehead atoms. The van der Waals surface area contributed by atoms with Crippen LogP contribution in [0.4, 0.5) is 5.69 Å². The maximum atomic E-state index is 11.2. The zero-order chi connectivity index (χ0) is 12.8. The lowest BCUT2D eigenvalue weighted by molar-refractivity contribution is -0.120. The molecule has 0 radical (unpaired) electrons. The van der Waals surface area contributed by atoms with E-state index in [4.69, 9.17) is 5.73 Å². The zero-order valence-electron chi connectivity index (χ0n) is 10.0. The van der Waals surface area contributed by atoms with E-state index in [9.17, 15) is 9.59 Å². The van der Waals surface area contributed by atoms with E-state index in [0.29, 0.717) is 12.1 Å². The number of carbonyl (C=O) groups excluding carboxylic acids is 2. The molecule has 0 aromatic heterocycles. The van der Waals surface area contributed by atoms with E-state index in [1.54, 1.807) is 26.2 Å². The second-order valence-electron chi connectivity index (χ2n) is 3.73. The summed E-state index contributed by atoms with van der Waals surface area (Å²) >= 11 is 0. The first-order valence-corrected chi connectivity index (χ1v) is 5.35. The number of hydrogen-bond donors (Lipinski definition) is 3. The van der Waals surface area contributed by atoms with Gasteiger partial charge in [-0.05, 0) is 17.2 Å². The second-order valence-corrected chi connectivity index (χ2v) is 3.73. The quantitative estimate of drug-likeness (QED) is 0.634. The summed E-state index contributed by atoms with van der Waals surface area (Å²) in [5.41, 5.74) is 7.97. The molecule has 1 aromatic carbocycles. The third-order valence-electron chi connectivity index (χ3n) is 2.48. The van der Waals surface area contributed by atoms with Crippen LogP contribution in [0.25, 0.3) is 0 Å². The van der Waals surface area contributed by atoms with E-state index >= 15 is 0 Å². The molecule has 92 valence electrons. The van der Waals surface area contributed by atoms with Crippen LogP contribution in [0, 0.1) is 0 Å². The second kappa shape index (κ2) is 5.89. The monoisotopic (exact) mass is 235 g/mol. The molecular formula is C12H17N3O2. The van der Waals surface area contributed by atoms with E-state index in [2.05, 4.69) is 10.6 Å². The number of amides is 2. The highest BCUT2D eigenvalue weighted by molar-refractivity contribution is 5.81. The van der Waals surface area contributed by atoms with Crippen molar-refractivity contribution >= 4 is 17.5 Å². The first kappa shape index (κ1) is 13.0. The van der Waals surface area contributed by atoms with Gasteiger partial charge < -0.3 is 16.4 Å². The summed E-state index contributed by atoms with van der Waals surface area (Å²) in [7, 11) is 3.17. The van der Waals surface area contributed by atoms with Crippen molar-refractivity contribution in [3.8, 4) is 0 Å². The maximum absolute atomic E-state index is 11.2. The highest BCUT2D eigenvalue weighted by Crippen LogP contribution is 2.15. The van der Waals surface area contributed by atoms with Gasteiger partial charge >= 0.3 is 0 Å². The van der Waals surface area contributed by atoms with Crippen molar-refractivity contribution in [1.82, 2.24) is 10.6 Å². The highest BCUT2D eigenvalue weighted by atomic mass is 16.2. The molecule has 0 aliphatic heterocycles. The van der Waals surface area contributed by atoms with Crippen LogP contribution < -0.4 is 16.4 Å². The van der Waals surface area contributed by atoms with Crippen molar-refractivity contribution in [2.75, 3.05) is 19.8 Å². The molecule has 5 nitrogen and oxygen atoms in total. The predicted molar refractivity (Wildman–Crippen MR) is 66.4 cm³/mol. The number of carbonyl (C=O) groups is 2. The zero-order valence-corrected chi connectivity index (χ0v) is 10.0. The molecule has 0 aliphatic rings. The Morgan fingerprint density at radius 1 is 1.12 bits per heavy atom. The summed E-state index contributed by atoms with van der Waals surface area (Å²) in [4.78, 5) is 22.4. The van der Waals surface area contributed by atoms with Gasteiger partial charge in [-0.2, -0.15) is 0 Å². The molecule has 0 unspecified atom stereocenters. The van der Waals surface area contributed by atoms with Crippen LogP contribution in [0.3, 0.4) is 0 Å². The molecule has 4 N–H and O–H groups in total. The minimum Gasteiger partial charge on any atom is -0.398 e. The van der Waals surface area contributed by atoms with E-state index in [1.807, 2.05) is 6.07 Å². The van der Waals surface area contributed by atoms with Crippen molar-refractivity contribution in [2.24, 2.45) is 0 Å². The van der Waals surface area contributed by atoms with Gasteiger partial charge in [0.15, 0.2) is 0 Å². The standard InChI is InChI=1S/C12H17N3O2/c1-14-11(16)6-8-3-4-9(10(13)5-8)7-12(17)15-2/h3-5H,6-7,13H2,1-2H3,(H,14,16)(H,15,17). The Morgan fingerprint density at radius 3 is 2.24 bits per heavy atom. The molecular weight excluding hydrogens is 218 g/mol. The lowest BCUT2D eigenvalue weighted by atomic mass is 10.0. The van der Waals surface area contributed by atoms with Crippen LogP contribution >= 0.6 is 0 Å². The fourth-order valence-electron chi connectivity index (χ4n) is 1.45.